The third kappa shape index (κ3) is 4.52. The van der Waals surface area contributed by atoms with Gasteiger partial charge in [-0.2, -0.15) is 0 Å². The molecule has 0 aliphatic heterocycles. The highest BCUT2D eigenvalue weighted by Crippen LogP contribution is 2.34. The number of hydrogen-bond donors (Lipinski definition) is 2. The molecule has 1 aliphatic carbocycles. The number of rotatable bonds is 4. The van der Waals surface area contributed by atoms with E-state index in [1.807, 2.05) is 6.92 Å². The molecule has 0 unspecified atom stereocenters. The fraction of sp³-hybridized carbons (Fsp3) is 0.667. The standard InChI is InChI=1S/C18H28N2O4/c1-13-8-5-6-10-18(13,20-16(22)24-17(2,3)4)15(21)19-12-14-9-7-11-23-14/h7,9,11,13H,5-6,8,10,12H2,1-4H3,(H,19,21)(H,20,22)/t13-,18+/m0/s1. The van der Waals surface area contributed by atoms with Gasteiger partial charge in [0, 0.05) is 0 Å². The Morgan fingerprint density at radius 1 is 1.38 bits per heavy atom. The molecule has 0 spiro atoms. The molecule has 2 amide bonds. The lowest BCUT2D eigenvalue weighted by molar-refractivity contribution is -0.131. The number of furan rings is 1. The first-order valence-electron chi connectivity index (χ1n) is 8.55. The van der Waals surface area contributed by atoms with E-state index < -0.39 is 17.2 Å². The fourth-order valence-corrected chi connectivity index (χ4v) is 3.15. The zero-order valence-corrected chi connectivity index (χ0v) is 15.0. The van der Waals surface area contributed by atoms with Crippen LogP contribution in [-0.4, -0.2) is 23.1 Å². The molecule has 1 aliphatic rings. The Balaban J connectivity index is 2.10. The molecule has 2 rings (SSSR count). The summed E-state index contributed by atoms with van der Waals surface area (Å²) in [6.07, 6.45) is 4.48. The first-order chi connectivity index (χ1) is 11.2. The van der Waals surface area contributed by atoms with Crippen LogP contribution < -0.4 is 10.6 Å². The van der Waals surface area contributed by atoms with E-state index in [9.17, 15) is 9.59 Å². The highest BCUT2D eigenvalue weighted by Gasteiger charge is 2.46. The van der Waals surface area contributed by atoms with Gasteiger partial charge in [0.25, 0.3) is 0 Å². The van der Waals surface area contributed by atoms with Gasteiger partial charge < -0.3 is 19.8 Å². The van der Waals surface area contributed by atoms with Crippen molar-refractivity contribution in [2.75, 3.05) is 0 Å². The summed E-state index contributed by atoms with van der Waals surface area (Å²) < 4.78 is 10.6. The van der Waals surface area contributed by atoms with Gasteiger partial charge in [-0.3, -0.25) is 4.79 Å². The van der Waals surface area contributed by atoms with Gasteiger partial charge in [0.15, 0.2) is 0 Å². The normalized spacial score (nSPS) is 24.2. The number of nitrogens with one attached hydrogen (secondary N) is 2. The van der Waals surface area contributed by atoms with Crippen LogP contribution in [0.5, 0.6) is 0 Å². The van der Waals surface area contributed by atoms with Crippen LogP contribution in [0, 0.1) is 5.92 Å². The van der Waals surface area contributed by atoms with E-state index in [1.165, 1.54) is 0 Å². The van der Waals surface area contributed by atoms with Gasteiger partial charge in [-0.15, -0.1) is 0 Å². The summed E-state index contributed by atoms with van der Waals surface area (Å²) >= 11 is 0. The number of amides is 2. The van der Waals surface area contributed by atoms with Gasteiger partial charge in [0.2, 0.25) is 5.91 Å². The first kappa shape index (κ1) is 18.4. The van der Waals surface area contributed by atoms with Crippen LogP contribution in [0.1, 0.15) is 59.1 Å². The van der Waals surface area contributed by atoms with Crippen LogP contribution in [-0.2, 0) is 16.1 Å². The second-order valence-corrected chi connectivity index (χ2v) is 7.51. The van der Waals surface area contributed by atoms with Crippen molar-refractivity contribution in [3.63, 3.8) is 0 Å². The molecule has 1 aromatic heterocycles. The average molecular weight is 336 g/mol. The maximum absolute atomic E-state index is 12.9. The molecular formula is C18H28N2O4. The van der Waals surface area contributed by atoms with Gasteiger partial charge in [-0.25, -0.2) is 4.79 Å². The maximum atomic E-state index is 12.9. The second-order valence-electron chi connectivity index (χ2n) is 7.51. The predicted molar refractivity (Wildman–Crippen MR) is 90.3 cm³/mol. The molecule has 1 fully saturated rings. The summed E-state index contributed by atoms with van der Waals surface area (Å²) in [5.74, 6) is 0.534. The van der Waals surface area contributed by atoms with Crippen molar-refractivity contribution in [2.45, 2.75) is 71.1 Å². The Bertz CT molecular complexity index is 562. The fourth-order valence-electron chi connectivity index (χ4n) is 3.15. The molecule has 24 heavy (non-hydrogen) atoms. The third-order valence-electron chi connectivity index (χ3n) is 4.43. The van der Waals surface area contributed by atoms with Crippen LogP contribution >= 0.6 is 0 Å². The van der Waals surface area contributed by atoms with E-state index >= 15 is 0 Å². The van der Waals surface area contributed by atoms with E-state index in [0.29, 0.717) is 18.7 Å². The van der Waals surface area contributed by atoms with Gasteiger partial charge in [-0.1, -0.05) is 19.8 Å². The van der Waals surface area contributed by atoms with Crippen molar-refractivity contribution in [1.82, 2.24) is 10.6 Å². The van der Waals surface area contributed by atoms with Gasteiger partial charge in [-0.05, 0) is 51.7 Å². The smallest absolute Gasteiger partial charge is 0.408 e. The summed E-state index contributed by atoms with van der Waals surface area (Å²) in [6.45, 7) is 7.72. The Hall–Kier alpha value is -1.98. The molecule has 0 radical (unpaired) electrons. The van der Waals surface area contributed by atoms with Crippen molar-refractivity contribution in [2.24, 2.45) is 5.92 Å². The van der Waals surface area contributed by atoms with E-state index in [0.717, 1.165) is 19.3 Å². The summed E-state index contributed by atoms with van der Waals surface area (Å²) in [5, 5.41) is 5.76. The van der Waals surface area contributed by atoms with Crippen molar-refractivity contribution < 1.29 is 18.7 Å². The molecule has 6 nitrogen and oxygen atoms in total. The Morgan fingerprint density at radius 2 is 2.12 bits per heavy atom. The van der Waals surface area contributed by atoms with E-state index in [1.54, 1.807) is 39.2 Å². The maximum Gasteiger partial charge on any atom is 0.408 e. The van der Waals surface area contributed by atoms with E-state index in [2.05, 4.69) is 10.6 Å². The average Bonchev–Trinajstić information content (AvgIpc) is 2.98. The molecule has 2 N–H and O–H groups in total. The number of alkyl carbamates (subject to hydrolysis) is 1. The molecular weight excluding hydrogens is 308 g/mol. The topological polar surface area (TPSA) is 80.6 Å². The molecule has 1 saturated carbocycles. The lowest BCUT2D eigenvalue weighted by Gasteiger charge is -2.41. The van der Waals surface area contributed by atoms with Crippen LogP contribution in [0.3, 0.4) is 0 Å². The second kappa shape index (κ2) is 7.28. The number of ether oxygens (including phenoxy) is 1. The third-order valence-corrected chi connectivity index (χ3v) is 4.43. The Morgan fingerprint density at radius 3 is 2.71 bits per heavy atom. The molecule has 0 bridgehead atoms. The number of carbonyl (C=O) groups is 2. The van der Waals surface area contributed by atoms with Crippen molar-refractivity contribution in [1.29, 1.82) is 0 Å². The zero-order chi connectivity index (χ0) is 17.8. The number of carbonyl (C=O) groups excluding carboxylic acids is 2. The van der Waals surface area contributed by atoms with Crippen molar-refractivity contribution in [3.05, 3.63) is 24.2 Å². The number of hydrogen-bond acceptors (Lipinski definition) is 4. The minimum absolute atomic E-state index is 0.0374. The van der Waals surface area contributed by atoms with Crippen LogP contribution in [0.25, 0.3) is 0 Å². The summed E-state index contributed by atoms with van der Waals surface area (Å²) in [7, 11) is 0. The molecule has 6 heteroatoms. The molecule has 2 atom stereocenters. The van der Waals surface area contributed by atoms with Crippen LogP contribution in [0.15, 0.2) is 22.8 Å². The summed E-state index contributed by atoms with van der Waals surface area (Å²) in [6, 6.07) is 3.58. The molecule has 0 saturated heterocycles. The van der Waals surface area contributed by atoms with Crippen LogP contribution in [0.4, 0.5) is 4.79 Å². The minimum atomic E-state index is -0.937. The predicted octanol–water partition coefficient (Wildman–Crippen LogP) is 3.37. The monoisotopic (exact) mass is 336 g/mol. The van der Waals surface area contributed by atoms with Crippen molar-refractivity contribution in [3.8, 4) is 0 Å². The lowest BCUT2D eigenvalue weighted by Crippen LogP contribution is -2.63. The highest BCUT2D eigenvalue weighted by molar-refractivity contribution is 5.90. The van der Waals surface area contributed by atoms with Crippen molar-refractivity contribution >= 4 is 12.0 Å². The zero-order valence-electron chi connectivity index (χ0n) is 15.0. The highest BCUT2D eigenvalue weighted by atomic mass is 16.6. The van der Waals surface area contributed by atoms with Gasteiger partial charge in [0.1, 0.15) is 16.9 Å². The minimum Gasteiger partial charge on any atom is -0.467 e. The van der Waals surface area contributed by atoms with Gasteiger partial charge in [0.05, 0.1) is 12.8 Å². The largest absolute Gasteiger partial charge is 0.467 e. The first-order valence-corrected chi connectivity index (χ1v) is 8.55. The summed E-state index contributed by atoms with van der Waals surface area (Å²) in [4.78, 5) is 25.2. The van der Waals surface area contributed by atoms with E-state index in [4.69, 9.17) is 9.15 Å². The Labute approximate surface area is 143 Å². The molecule has 1 aromatic rings. The summed E-state index contributed by atoms with van der Waals surface area (Å²) in [5.41, 5.74) is -1.54. The lowest BCUT2D eigenvalue weighted by atomic mass is 9.73. The molecule has 0 aromatic carbocycles. The molecule has 1 heterocycles. The quantitative estimate of drug-likeness (QED) is 0.883. The van der Waals surface area contributed by atoms with Gasteiger partial charge >= 0.3 is 6.09 Å². The Kier molecular flexibility index (Phi) is 5.57. The molecule has 134 valence electrons. The van der Waals surface area contributed by atoms with Crippen LogP contribution in [0.2, 0.25) is 0 Å². The SMILES string of the molecule is C[C@H]1CCCC[C@]1(NC(=O)OC(C)(C)C)C(=O)NCc1ccco1. The van der Waals surface area contributed by atoms with E-state index in [-0.39, 0.29) is 11.8 Å².